The van der Waals surface area contributed by atoms with Crippen LogP contribution in [0.4, 0.5) is 11.4 Å². The number of hydrogen-bond donors (Lipinski definition) is 1. The molecule has 0 saturated carbocycles. The third kappa shape index (κ3) is 4.06. The summed E-state index contributed by atoms with van der Waals surface area (Å²) >= 11 is 1.17. The second-order valence-electron chi connectivity index (χ2n) is 9.23. The van der Waals surface area contributed by atoms with Crippen LogP contribution in [0.25, 0.3) is 5.57 Å². The number of rotatable bonds is 5. The maximum Gasteiger partial charge on any atom is 0.271 e. The Morgan fingerprint density at radius 1 is 1.00 bits per heavy atom. The Bertz CT molecular complexity index is 1850. The van der Waals surface area contributed by atoms with E-state index in [0.717, 1.165) is 11.3 Å². The van der Waals surface area contributed by atoms with Crippen molar-refractivity contribution in [1.82, 2.24) is 4.57 Å². The highest BCUT2D eigenvalue weighted by Gasteiger charge is 2.36. The Hall–Kier alpha value is -4.82. The van der Waals surface area contributed by atoms with Gasteiger partial charge in [-0.3, -0.25) is 19.0 Å². The molecular weight excluding hydrogens is 508 g/mol. The number of allylic oxidation sites excluding steroid dienone is 1. The zero-order valence-corrected chi connectivity index (χ0v) is 21.9. The monoisotopic (exact) mass is 532 g/mol. The molecule has 1 aromatic heterocycles. The van der Waals surface area contributed by atoms with Crippen molar-refractivity contribution < 1.29 is 9.59 Å². The Balaban J connectivity index is 1.58. The van der Waals surface area contributed by atoms with E-state index in [4.69, 9.17) is 4.99 Å². The van der Waals surface area contributed by atoms with Crippen LogP contribution in [-0.4, -0.2) is 22.9 Å². The van der Waals surface area contributed by atoms with Crippen molar-refractivity contribution >= 4 is 40.1 Å². The maximum absolute atomic E-state index is 14.2. The van der Waals surface area contributed by atoms with Crippen molar-refractivity contribution in [3.05, 3.63) is 140 Å². The lowest BCUT2D eigenvalue weighted by molar-refractivity contribution is -0.114. The first-order valence-corrected chi connectivity index (χ1v) is 13.3. The number of anilines is 2. The lowest BCUT2D eigenvalue weighted by Gasteiger charge is -2.25. The van der Waals surface area contributed by atoms with Gasteiger partial charge in [0.25, 0.3) is 17.4 Å². The molecule has 0 aliphatic carbocycles. The highest BCUT2D eigenvalue weighted by molar-refractivity contribution is 7.07. The number of nitrogens with one attached hydrogen (secondary N) is 1. The molecule has 39 heavy (non-hydrogen) atoms. The van der Waals surface area contributed by atoms with E-state index >= 15 is 0 Å². The normalized spacial score (nSPS) is 17.4. The number of carbonyl (C=O) groups is 2. The topological polar surface area (TPSA) is 83.8 Å². The molecular formula is C31H24N4O3S. The molecule has 2 aliphatic rings. The van der Waals surface area contributed by atoms with E-state index in [1.165, 1.54) is 11.3 Å². The number of benzene rings is 3. The fourth-order valence-electron chi connectivity index (χ4n) is 5.14. The number of thiazole rings is 1. The standard InChI is InChI=1S/C31H24N4O3S/c1-3-18-34-23-17-11-10-16-22(23)25(29(34)37)27-30(38)35-26(20-12-6-4-7-13-20)24(19(2)32-31(35)39-27)28(36)33-21-14-8-5-9-15-21/h3-17,26H,1,18H2,2H3,(H,33,36)/b27-25+/t26-/m0/s1. The summed E-state index contributed by atoms with van der Waals surface area (Å²) in [7, 11) is 0. The van der Waals surface area contributed by atoms with Gasteiger partial charge in [-0.1, -0.05) is 84.1 Å². The molecule has 3 heterocycles. The van der Waals surface area contributed by atoms with E-state index in [9.17, 15) is 14.4 Å². The molecule has 1 atom stereocenters. The molecule has 1 N–H and O–H groups in total. The van der Waals surface area contributed by atoms with Crippen LogP contribution in [0.5, 0.6) is 0 Å². The molecule has 4 aromatic rings. The van der Waals surface area contributed by atoms with Crippen LogP contribution in [-0.2, 0) is 9.59 Å². The number of amides is 2. The quantitative estimate of drug-likeness (QED) is 0.397. The van der Waals surface area contributed by atoms with Gasteiger partial charge in [0.05, 0.1) is 28.6 Å². The summed E-state index contributed by atoms with van der Waals surface area (Å²) in [6, 6.07) is 25.3. The summed E-state index contributed by atoms with van der Waals surface area (Å²) in [6.07, 6.45) is 1.66. The number of hydrogen-bond acceptors (Lipinski definition) is 5. The first kappa shape index (κ1) is 24.5. The average molecular weight is 533 g/mol. The van der Waals surface area contributed by atoms with Gasteiger partial charge in [-0.25, -0.2) is 4.99 Å². The third-order valence-corrected chi connectivity index (χ3v) is 7.90. The van der Waals surface area contributed by atoms with Crippen molar-refractivity contribution in [3.8, 4) is 0 Å². The van der Waals surface area contributed by atoms with Crippen LogP contribution < -0.4 is 25.1 Å². The van der Waals surface area contributed by atoms with Gasteiger partial charge in [0.2, 0.25) is 0 Å². The van der Waals surface area contributed by atoms with Gasteiger partial charge >= 0.3 is 0 Å². The number of nitrogens with zero attached hydrogens (tertiary/aromatic N) is 3. The Morgan fingerprint density at radius 3 is 2.38 bits per heavy atom. The van der Waals surface area contributed by atoms with Crippen LogP contribution in [0.3, 0.4) is 0 Å². The molecule has 2 aliphatic heterocycles. The smallest absolute Gasteiger partial charge is 0.271 e. The number of fused-ring (bicyclic) bond motifs is 2. The number of aromatic nitrogens is 1. The molecule has 8 heteroatoms. The van der Waals surface area contributed by atoms with E-state index < -0.39 is 6.04 Å². The van der Waals surface area contributed by atoms with Crippen LogP contribution in [0.2, 0.25) is 0 Å². The first-order chi connectivity index (χ1) is 19.0. The van der Waals surface area contributed by atoms with Crippen molar-refractivity contribution in [2.45, 2.75) is 13.0 Å². The molecule has 0 unspecified atom stereocenters. The molecule has 0 radical (unpaired) electrons. The minimum atomic E-state index is -0.712. The van der Waals surface area contributed by atoms with Crippen molar-refractivity contribution in [3.63, 3.8) is 0 Å². The summed E-state index contributed by atoms with van der Waals surface area (Å²) in [5.74, 6) is -0.593. The molecule has 2 amide bonds. The summed E-state index contributed by atoms with van der Waals surface area (Å²) in [5, 5.41) is 2.95. The zero-order valence-electron chi connectivity index (χ0n) is 21.1. The predicted molar refractivity (Wildman–Crippen MR) is 153 cm³/mol. The van der Waals surface area contributed by atoms with Gasteiger partial charge in [0.1, 0.15) is 4.53 Å². The minimum Gasteiger partial charge on any atom is -0.322 e. The molecule has 0 spiro atoms. The highest BCUT2D eigenvalue weighted by atomic mass is 32.1. The SMILES string of the molecule is C=CCN1C(=O)/C(=c2/sc3n(c2=O)[C@@H](c2ccccc2)C(C(=O)Nc2ccccc2)=C(C)N=3)c2ccccc21. The second-order valence-corrected chi connectivity index (χ2v) is 10.2. The van der Waals surface area contributed by atoms with Crippen molar-refractivity contribution in [1.29, 1.82) is 0 Å². The zero-order chi connectivity index (χ0) is 27.1. The Labute approximate surface area is 228 Å². The minimum absolute atomic E-state index is 0.254. The fraction of sp³-hybridized carbons (Fsp3) is 0.0968. The van der Waals surface area contributed by atoms with Gasteiger partial charge < -0.3 is 10.2 Å². The summed E-state index contributed by atoms with van der Waals surface area (Å²) in [6.45, 7) is 5.88. The molecule has 0 bridgehead atoms. The molecule has 0 saturated heterocycles. The van der Waals surface area contributed by atoms with Gasteiger partial charge in [-0.05, 0) is 30.7 Å². The van der Waals surface area contributed by atoms with Gasteiger partial charge in [0.15, 0.2) is 4.80 Å². The van der Waals surface area contributed by atoms with Crippen molar-refractivity contribution in [2.75, 3.05) is 16.8 Å². The molecule has 3 aromatic carbocycles. The third-order valence-electron chi connectivity index (χ3n) is 6.85. The number of carbonyl (C=O) groups excluding carboxylic acids is 2. The van der Waals surface area contributed by atoms with Crippen LogP contribution in [0.1, 0.15) is 24.1 Å². The van der Waals surface area contributed by atoms with Gasteiger partial charge in [-0.15, -0.1) is 6.58 Å². The van der Waals surface area contributed by atoms with Crippen molar-refractivity contribution in [2.24, 2.45) is 4.99 Å². The molecule has 7 nitrogen and oxygen atoms in total. The Morgan fingerprint density at radius 2 is 1.67 bits per heavy atom. The average Bonchev–Trinajstić information content (AvgIpc) is 3.41. The van der Waals surface area contributed by atoms with E-state index in [-0.39, 0.29) is 17.4 Å². The molecule has 6 rings (SSSR count). The fourth-order valence-corrected chi connectivity index (χ4v) is 6.28. The van der Waals surface area contributed by atoms with Crippen LogP contribution in [0.15, 0.2) is 119 Å². The van der Waals surface area contributed by atoms with E-state index in [0.29, 0.717) is 44.0 Å². The summed E-state index contributed by atoms with van der Waals surface area (Å²) < 4.78 is 1.84. The molecule has 0 fully saturated rings. The number of para-hydroxylation sites is 2. The maximum atomic E-state index is 14.2. The summed E-state index contributed by atoms with van der Waals surface area (Å²) in [4.78, 5) is 48.2. The predicted octanol–water partition coefficient (Wildman–Crippen LogP) is 3.78. The van der Waals surface area contributed by atoms with E-state index in [1.807, 2.05) is 72.8 Å². The van der Waals surface area contributed by atoms with Gasteiger partial charge in [0, 0.05) is 17.8 Å². The lowest BCUT2D eigenvalue weighted by atomic mass is 9.95. The Kier molecular flexibility index (Phi) is 6.17. The van der Waals surface area contributed by atoms with Crippen LogP contribution >= 0.6 is 11.3 Å². The van der Waals surface area contributed by atoms with Gasteiger partial charge in [-0.2, -0.15) is 0 Å². The largest absolute Gasteiger partial charge is 0.322 e. The molecule has 192 valence electrons. The second kappa shape index (κ2) is 9.81. The van der Waals surface area contributed by atoms with E-state index in [1.54, 1.807) is 34.6 Å². The first-order valence-electron chi connectivity index (χ1n) is 12.5. The summed E-state index contributed by atoms with van der Waals surface area (Å²) in [5.41, 5.74) is 3.73. The van der Waals surface area contributed by atoms with E-state index in [2.05, 4.69) is 11.9 Å². The van der Waals surface area contributed by atoms with Crippen LogP contribution in [0, 0.1) is 0 Å². The lowest BCUT2D eigenvalue weighted by Crippen LogP contribution is -2.41. The highest BCUT2D eigenvalue weighted by Crippen LogP contribution is 2.35.